The van der Waals surface area contributed by atoms with Crippen LogP contribution in [0.2, 0.25) is 0 Å². The average Bonchev–Trinajstić information content (AvgIpc) is 2.78. The van der Waals surface area contributed by atoms with Crippen molar-refractivity contribution in [3.63, 3.8) is 0 Å². The zero-order valence-electron chi connectivity index (χ0n) is 11.5. The molecule has 7 nitrogen and oxygen atoms in total. The molecule has 0 aromatic rings. The summed E-state index contributed by atoms with van der Waals surface area (Å²) in [7, 11) is 3.38. The minimum atomic E-state index is -0.833. The summed E-state index contributed by atoms with van der Waals surface area (Å²) in [5.41, 5.74) is -0.833. The largest absolute Gasteiger partial charge is 0.387 e. The van der Waals surface area contributed by atoms with Crippen LogP contribution in [-0.2, 0) is 9.59 Å². The van der Waals surface area contributed by atoms with Crippen LogP contribution in [0.1, 0.15) is 6.42 Å². The summed E-state index contributed by atoms with van der Waals surface area (Å²) < 4.78 is 0. The number of carbonyl (C=O) groups is 2. The van der Waals surface area contributed by atoms with Crippen LogP contribution >= 0.6 is 0 Å². The minimum Gasteiger partial charge on any atom is -0.387 e. The van der Waals surface area contributed by atoms with Crippen molar-refractivity contribution >= 4 is 11.8 Å². The molecule has 2 aliphatic heterocycles. The lowest BCUT2D eigenvalue weighted by molar-refractivity contribution is -0.140. The van der Waals surface area contributed by atoms with Gasteiger partial charge >= 0.3 is 0 Å². The third-order valence-corrected chi connectivity index (χ3v) is 3.81. The van der Waals surface area contributed by atoms with E-state index in [9.17, 15) is 14.7 Å². The third kappa shape index (κ3) is 3.23. The van der Waals surface area contributed by atoms with Gasteiger partial charge in [-0.1, -0.05) is 0 Å². The molecule has 108 valence electrons. The predicted octanol–water partition coefficient (Wildman–Crippen LogP) is -2.40. The van der Waals surface area contributed by atoms with Crippen LogP contribution < -0.4 is 10.6 Å². The zero-order chi connectivity index (χ0) is 14.0. The number of amides is 2. The number of nitrogens with one attached hydrogen (secondary N) is 2. The molecule has 0 spiro atoms. The van der Waals surface area contributed by atoms with Gasteiger partial charge in [-0.25, -0.2) is 0 Å². The fraction of sp³-hybridized carbons (Fsp3) is 0.833. The van der Waals surface area contributed by atoms with E-state index < -0.39 is 5.60 Å². The number of aliphatic hydroxyl groups is 1. The number of hydrogen-bond donors (Lipinski definition) is 3. The molecule has 0 saturated carbocycles. The Morgan fingerprint density at radius 3 is 2.95 bits per heavy atom. The number of likely N-dealkylation sites (N-methyl/N-ethyl adjacent to an activating group) is 2. The van der Waals surface area contributed by atoms with Crippen LogP contribution in [0, 0.1) is 0 Å². The lowest BCUT2D eigenvalue weighted by Gasteiger charge is -2.34. The normalized spacial score (nSPS) is 31.6. The van der Waals surface area contributed by atoms with Crippen LogP contribution in [0.4, 0.5) is 0 Å². The SMILES string of the molecule is CN1CC(C(=O)N(C)CC2(O)CCNC2)NCC1=O. The van der Waals surface area contributed by atoms with Gasteiger partial charge < -0.3 is 20.2 Å². The number of carbonyl (C=O) groups excluding carboxylic acids is 2. The third-order valence-electron chi connectivity index (χ3n) is 3.81. The summed E-state index contributed by atoms with van der Waals surface area (Å²) in [5.74, 6) is -0.0926. The molecule has 3 N–H and O–H groups in total. The van der Waals surface area contributed by atoms with E-state index >= 15 is 0 Å². The molecule has 2 saturated heterocycles. The zero-order valence-corrected chi connectivity index (χ0v) is 11.5. The first kappa shape index (κ1) is 14.2. The van der Waals surface area contributed by atoms with E-state index in [1.54, 1.807) is 23.9 Å². The Labute approximate surface area is 112 Å². The summed E-state index contributed by atoms with van der Waals surface area (Å²) in [6.45, 7) is 2.17. The number of hydrogen-bond acceptors (Lipinski definition) is 5. The van der Waals surface area contributed by atoms with Gasteiger partial charge in [0, 0.05) is 27.2 Å². The molecule has 2 unspecified atom stereocenters. The van der Waals surface area contributed by atoms with Crippen molar-refractivity contribution in [1.82, 2.24) is 20.4 Å². The van der Waals surface area contributed by atoms with Crippen molar-refractivity contribution < 1.29 is 14.7 Å². The quantitative estimate of drug-likeness (QED) is 0.532. The van der Waals surface area contributed by atoms with Crippen LogP contribution in [0.3, 0.4) is 0 Å². The van der Waals surface area contributed by atoms with Crippen LogP contribution in [0.15, 0.2) is 0 Å². The Balaban J connectivity index is 1.90. The maximum atomic E-state index is 12.3. The molecule has 2 rings (SSSR count). The smallest absolute Gasteiger partial charge is 0.241 e. The first-order valence-electron chi connectivity index (χ1n) is 6.57. The number of nitrogens with zero attached hydrogens (tertiary/aromatic N) is 2. The molecule has 0 aromatic heterocycles. The van der Waals surface area contributed by atoms with Gasteiger partial charge in [0.15, 0.2) is 0 Å². The highest BCUT2D eigenvalue weighted by atomic mass is 16.3. The molecular formula is C12H22N4O3. The molecule has 19 heavy (non-hydrogen) atoms. The summed E-state index contributed by atoms with van der Waals surface area (Å²) in [6.07, 6.45) is 0.654. The molecule has 7 heteroatoms. The molecule has 0 radical (unpaired) electrons. The highest BCUT2D eigenvalue weighted by Gasteiger charge is 2.36. The van der Waals surface area contributed by atoms with Gasteiger partial charge in [-0.15, -0.1) is 0 Å². The van der Waals surface area contributed by atoms with E-state index in [-0.39, 0.29) is 24.4 Å². The molecule has 0 bridgehead atoms. The van der Waals surface area contributed by atoms with Gasteiger partial charge in [-0.3, -0.25) is 14.9 Å². The monoisotopic (exact) mass is 270 g/mol. The maximum absolute atomic E-state index is 12.3. The summed E-state index contributed by atoms with van der Waals surface area (Å²) in [4.78, 5) is 26.7. The molecule has 2 atom stereocenters. The van der Waals surface area contributed by atoms with Crippen molar-refractivity contribution in [2.75, 3.05) is 46.8 Å². The topological polar surface area (TPSA) is 84.9 Å². The van der Waals surface area contributed by atoms with E-state index in [2.05, 4.69) is 10.6 Å². The Bertz CT molecular complexity index is 368. The second kappa shape index (κ2) is 5.44. The van der Waals surface area contributed by atoms with Crippen LogP contribution in [0.5, 0.6) is 0 Å². The van der Waals surface area contributed by atoms with Crippen molar-refractivity contribution in [3.8, 4) is 0 Å². The standard InChI is InChI=1S/C12H22N4O3/c1-15-6-9(14-5-10(15)17)11(18)16(2)8-12(19)3-4-13-7-12/h9,13-14,19H,3-8H2,1-2H3. The van der Waals surface area contributed by atoms with Crippen molar-refractivity contribution in [1.29, 1.82) is 0 Å². The van der Waals surface area contributed by atoms with E-state index in [1.807, 2.05) is 0 Å². The first-order valence-corrected chi connectivity index (χ1v) is 6.57. The van der Waals surface area contributed by atoms with Gasteiger partial charge in [0.25, 0.3) is 0 Å². The van der Waals surface area contributed by atoms with E-state index in [1.165, 1.54) is 0 Å². The second-order valence-corrected chi connectivity index (χ2v) is 5.55. The van der Waals surface area contributed by atoms with E-state index in [0.29, 0.717) is 26.1 Å². The maximum Gasteiger partial charge on any atom is 0.241 e. The summed E-state index contributed by atoms with van der Waals surface area (Å²) in [6, 6.07) is -0.384. The van der Waals surface area contributed by atoms with Gasteiger partial charge in [0.05, 0.1) is 18.7 Å². The molecule has 2 heterocycles. The van der Waals surface area contributed by atoms with Crippen molar-refractivity contribution in [3.05, 3.63) is 0 Å². The average molecular weight is 270 g/mol. The molecule has 2 aliphatic rings. The van der Waals surface area contributed by atoms with E-state index in [4.69, 9.17) is 0 Å². The highest BCUT2D eigenvalue weighted by Crippen LogP contribution is 2.16. The fourth-order valence-corrected chi connectivity index (χ4v) is 2.60. The first-order chi connectivity index (χ1) is 8.91. The lowest BCUT2D eigenvalue weighted by Crippen LogP contribution is -2.59. The lowest BCUT2D eigenvalue weighted by atomic mass is 10.0. The number of β-amino-alcohol motifs (C(OH)–C–C–N with tert-alkyl or cyclic N) is 1. The molecule has 0 aromatic carbocycles. The van der Waals surface area contributed by atoms with Gasteiger partial charge in [-0.2, -0.15) is 0 Å². The summed E-state index contributed by atoms with van der Waals surface area (Å²) in [5, 5.41) is 16.3. The van der Waals surface area contributed by atoms with Crippen molar-refractivity contribution in [2.24, 2.45) is 0 Å². The second-order valence-electron chi connectivity index (χ2n) is 5.55. The predicted molar refractivity (Wildman–Crippen MR) is 69.5 cm³/mol. The van der Waals surface area contributed by atoms with Crippen molar-refractivity contribution in [2.45, 2.75) is 18.1 Å². The Morgan fingerprint density at radius 2 is 2.37 bits per heavy atom. The minimum absolute atomic E-state index is 0.00896. The highest BCUT2D eigenvalue weighted by molar-refractivity contribution is 5.86. The van der Waals surface area contributed by atoms with Gasteiger partial charge in [0.1, 0.15) is 6.04 Å². The number of rotatable bonds is 3. The van der Waals surface area contributed by atoms with Crippen LogP contribution in [0.25, 0.3) is 0 Å². The summed E-state index contributed by atoms with van der Waals surface area (Å²) >= 11 is 0. The molecule has 0 aliphatic carbocycles. The Morgan fingerprint density at radius 1 is 1.63 bits per heavy atom. The Hall–Kier alpha value is -1.18. The molecular weight excluding hydrogens is 248 g/mol. The number of piperazine rings is 1. The Kier molecular flexibility index (Phi) is 4.07. The molecule has 2 amide bonds. The fourth-order valence-electron chi connectivity index (χ4n) is 2.60. The van der Waals surface area contributed by atoms with Gasteiger partial charge in [0.2, 0.25) is 11.8 Å². The van der Waals surface area contributed by atoms with Crippen LogP contribution in [-0.4, -0.2) is 85.2 Å². The van der Waals surface area contributed by atoms with E-state index in [0.717, 1.165) is 6.54 Å². The van der Waals surface area contributed by atoms with Gasteiger partial charge in [-0.05, 0) is 13.0 Å². The molecule has 2 fully saturated rings.